The van der Waals surface area contributed by atoms with Crippen LogP contribution in [0.5, 0.6) is 0 Å². The zero-order valence-corrected chi connectivity index (χ0v) is 8.75. The number of hydrogen-bond acceptors (Lipinski definition) is 1. The monoisotopic (exact) mass is 225 g/mol. The van der Waals surface area contributed by atoms with E-state index in [4.69, 9.17) is 0 Å². The number of rotatable bonds is 2. The molecule has 4 heteroatoms. The molecule has 1 aliphatic rings. The van der Waals surface area contributed by atoms with Gasteiger partial charge >= 0.3 is 0 Å². The molecule has 0 aliphatic heterocycles. The fraction of sp³-hybridized carbons (Fsp3) is 0.417. The summed E-state index contributed by atoms with van der Waals surface area (Å²) in [5.41, 5.74) is 0.655. The van der Waals surface area contributed by atoms with Gasteiger partial charge in [-0.05, 0) is 18.6 Å². The summed E-state index contributed by atoms with van der Waals surface area (Å²) in [6.07, 6.45) is -0.239. The van der Waals surface area contributed by atoms with Crippen molar-refractivity contribution >= 4 is 11.6 Å². The van der Waals surface area contributed by atoms with Crippen molar-refractivity contribution in [1.29, 1.82) is 0 Å². The molecule has 1 aromatic carbocycles. The lowest BCUT2D eigenvalue weighted by Crippen LogP contribution is -2.22. The van der Waals surface area contributed by atoms with Gasteiger partial charge in [-0.25, -0.2) is 8.78 Å². The largest absolute Gasteiger partial charge is 0.326 e. The van der Waals surface area contributed by atoms with Gasteiger partial charge in [0.05, 0.1) is 0 Å². The van der Waals surface area contributed by atoms with Gasteiger partial charge < -0.3 is 5.32 Å². The summed E-state index contributed by atoms with van der Waals surface area (Å²) < 4.78 is 25.8. The molecule has 1 saturated carbocycles. The van der Waals surface area contributed by atoms with E-state index in [1.807, 2.05) is 6.07 Å². The number of alkyl halides is 2. The number of halogens is 2. The average molecular weight is 225 g/mol. The van der Waals surface area contributed by atoms with Crippen molar-refractivity contribution in [2.75, 3.05) is 5.32 Å². The van der Waals surface area contributed by atoms with Gasteiger partial charge in [0.2, 0.25) is 11.8 Å². The van der Waals surface area contributed by atoms with Crippen molar-refractivity contribution in [2.45, 2.75) is 25.2 Å². The molecule has 1 N–H and O–H groups in total. The summed E-state index contributed by atoms with van der Waals surface area (Å²) in [7, 11) is 0. The number of carbonyl (C=O) groups is 1. The molecule has 0 radical (unpaired) electrons. The van der Waals surface area contributed by atoms with Gasteiger partial charge in [0.25, 0.3) is 0 Å². The summed E-state index contributed by atoms with van der Waals surface area (Å²) in [4.78, 5) is 11.7. The van der Waals surface area contributed by atoms with Crippen molar-refractivity contribution < 1.29 is 13.6 Å². The molecule has 0 saturated heterocycles. The van der Waals surface area contributed by atoms with Gasteiger partial charge in [0.15, 0.2) is 0 Å². The maximum Gasteiger partial charge on any atom is 0.248 e. The molecule has 1 atom stereocenters. The second kappa shape index (κ2) is 4.20. The van der Waals surface area contributed by atoms with Crippen LogP contribution in [0, 0.1) is 5.92 Å². The quantitative estimate of drug-likeness (QED) is 0.823. The fourth-order valence-corrected chi connectivity index (χ4v) is 1.94. The third-order valence-electron chi connectivity index (χ3n) is 2.82. The van der Waals surface area contributed by atoms with E-state index in [-0.39, 0.29) is 25.2 Å². The van der Waals surface area contributed by atoms with Crippen molar-refractivity contribution in [2.24, 2.45) is 5.92 Å². The van der Waals surface area contributed by atoms with Crippen molar-refractivity contribution in [3.8, 4) is 0 Å². The molecule has 1 fully saturated rings. The van der Waals surface area contributed by atoms with E-state index in [9.17, 15) is 13.6 Å². The van der Waals surface area contributed by atoms with Gasteiger partial charge in [0, 0.05) is 24.4 Å². The SMILES string of the molecule is O=C(Nc1ccccc1)C1CCC(F)(F)C1. The number of hydrogen-bond donors (Lipinski definition) is 1. The molecule has 0 aromatic heterocycles. The topological polar surface area (TPSA) is 29.1 Å². The third kappa shape index (κ3) is 2.56. The molecule has 1 amide bonds. The highest BCUT2D eigenvalue weighted by Gasteiger charge is 2.42. The molecule has 1 aromatic rings. The Morgan fingerprint density at radius 2 is 2.00 bits per heavy atom. The number of para-hydroxylation sites is 1. The van der Waals surface area contributed by atoms with Crippen molar-refractivity contribution in [3.05, 3.63) is 30.3 Å². The Morgan fingerprint density at radius 1 is 1.31 bits per heavy atom. The molecule has 2 rings (SSSR count). The smallest absolute Gasteiger partial charge is 0.248 e. The Balaban J connectivity index is 1.95. The summed E-state index contributed by atoms with van der Waals surface area (Å²) in [6, 6.07) is 8.90. The standard InChI is InChI=1S/C12H13F2NO/c13-12(14)7-6-9(8-12)11(16)15-10-4-2-1-3-5-10/h1-5,9H,6-8H2,(H,15,16). The van der Waals surface area contributed by atoms with E-state index in [0.29, 0.717) is 5.69 Å². The van der Waals surface area contributed by atoms with E-state index >= 15 is 0 Å². The van der Waals surface area contributed by atoms with Crippen LogP contribution in [0.15, 0.2) is 30.3 Å². The summed E-state index contributed by atoms with van der Waals surface area (Å²) >= 11 is 0. The molecule has 0 heterocycles. The maximum atomic E-state index is 12.9. The Kier molecular flexibility index (Phi) is 2.90. The highest BCUT2D eigenvalue weighted by molar-refractivity contribution is 5.92. The van der Waals surface area contributed by atoms with E-state index in [0.717, 1.165) is 0 Å². The first-order valence-corrected chi connectivity index (χ1v) is 5.31. The third-order valence-corrected chi connectivity index (χ3v) is 2.82. The fourth-order valence-electron chi connectivity index (χ4n) is 1.94. The number of nitrogens with one attached hydrogen (secondary N) is 1. The molecular weight excluding hydrogens is 212 g/mol. The Morgan fingerprint density at radius 3 is 2.56 bits per heavy atom. The lowest BCUT2D eigenvalue weighted by atomic mass is 10.1. The zero-order chi connectivity index (χ0) is 11.6. The van der Waals surface area contributed by atoms with Gasteiger partial charge in [-0.1, -0.05) is 18.2 Å². The molecule has 86 valence electrons. The average Bonchev–Trinajstić information content (AvgIpc) is 2.60. The highest BCUT2D eigenvalue weighted by Crippen LogP contribution is 2.39. The van der Waals surface area contributed by atoms with Gasteiger partial charge in [-0.3, -0.25) is 4.79 Å². The molecule has 2 nitrogen and oxygen atoms in total. The van der Waals surface area contributed by atoms with Crippen LogP contribution in [0.4, 0.5) is 14.5 Å². The first-order chi connectivity index (χ1) is 7.57. The van der Waals surface area contributed by atoms with Crippen LogP contribution in [0.1, 0.15) is 19.3 Å². The lowest BCUT2D eigenvalue weighted by Gasteiger charge is -2.11. The molecule has 16 heavy (non-hydrogen) atoms. The van der Waals surface area contributed by atoms with Crippen LogP contribution >= 0.6 is 0 Å². The van der Waals surface area contributed by atoms with E-state index < -0.39 is 11.8 Å². The molecule has 1 aliphatic carbocycles. The van der Waals surface area contributed by atoms with Crippen molar-refractivity contribution in [3.63, 3.8) is 0 Å². The Hall–Kier alpha value is -1.45. The van der Waals surface area contributed by atoms with Crippen LogP contribution in [0.25, 0.3) is 0 Å². The van der Waals surface area contributed by atoms with Crippen LogP contribution in [-0.4, -0.2) is 11.8 Å². The normalized spacial score (nSPS) is 23.0. The van der Waals surface area contributed by atoms with Gasteiger partial charge in [0.1, 0.15) is 0 Å². The Bertz CT molecular complexity index is 378. The minimum atomic E-state index is -2.67. The van der Waals surface area contributed by atoms with E-state index in [1.54, 1.807) is 24.3 Å². The summed E-state index contributed by atoms with van der Waals surface area (Å²) in [5.74, 6) is -3.53. The van der Waals surface area contributed by atoms with Crippen LogP contribution in [0.3, 0.4) is 0 Å². The van der Waals surface area contributed by atoms with Crippen LogP contribution < -0.4 is 5.32 Å². The number of anilines is 1. The molecule has 0 spiro atoms. The van der Waals surface area contributed by atoms with Crippen molar-refractivity contribution in [1.82, 2.24) is 0 Å². The first kappa shape index (κ1) is 11.0. The Labute approximate surface area is 92.7 Å². The second-order valence-corrected chi connectivity index (χ2v) is 4.15. The molecular formula is C12H13F2NO. The lowest BCUT2D eigenvalue weighted by molar-refractivity contribution is -0.120. The van der Waals surface area contributed by atoms with E-state index in [1.165, 1.54) is 0 Å². The van der Waals surface area contributed by atoms with Gasteiger partial charge in [-0.2, -0.15) is 0 Å². The predicted molar refractivity (Wildman–Crippen MR) is 57.4 cm³/mol. The maximum absolute atomic E-state index is 12.9. The predicted octanol–water partition coefficient (Wildman–Crippen LogP) is 3.06. The second-order valence-electron chi connectivity index (χ2n) is 4.15. The summed E-state index contributed by atoms with van der Waals surface area (Å²) in [6.45, 7) is 0. The number of amides is 1. The highest BCUT2D eigenvalue weighted by atomic mass is 19.3. The molecule has 0 bridgehead atoms. The van der Waals surface area contributed by atoms with Crippen LogP contribution in [-0.2, 0) is 4.79 Å². The zero-order valence-electron chi connectivity index (χ0n) is 8.75. The summed E-state index contributed by atoms with van der Waals surface area (Å²) in [5, 5.41) is 2.65. The van der Waals surface area contributed by atoms with Gasteiger partial charge in [-0.15, -0.1) is 0 Å². The first-order valence-electron chi connectivity index (χ1n) is 5.31. The van der Waals surface area contributed by atoms with Crippen LogP contribution in [0.2, 0.25) is 0 Å². The number of benzene rings is 1. The number of carbonyl (C=O) groups excluding carboxylic acids is 1. The minimum Gasteiger partial charge on any atom is -0.326 e. The van der Waals surface area contributed by atoms with E-state index in [2.05, 4.69) is 5.32 Å². The molecule has 1 unspecified atom stereocenters. The minimum absolute atomic E-state index is 0.181.